The van der Waals surface area contributed by atoms with Crippen molar-refractivity contribution in [2.75, 3.05) is 32.5 Å². The lowest BCUT2D eigenvalue weighted by atomic mass is 10.3. The maximum absolute atomic E-state index is 11.8. The maximum Gasteiger partial charge on any atom is 0.260 e. The first-order valence-corrected chi connectivity index (χ1v) is 6.33. The second-order valence-corrected chi connectivity index (χ2v) is 4.59. The van der Waals surface area contributed by atoms with Crippen LogP contribution in [0.4, 0.5) is 5.69 Å². The summed E-state index contributed by atoms with van der Waals surface area (Å²) in [6.07, 6.45) is 0.175. The van der Waals surface area contributed by atoms with Gasteiger partial charge in [-0.05, 0) is 38.1 Å². The molecule has 0 saturated heterocycles. The van der Waals surface area contributed by atoms with Crippen molar-refractivity contribution in [3.63, 3.8) is 0 Å². The largest absolute Gasteiger partial charge is 0.484 e. The first-order valence-electron chi connectivity index (χ1n) is 6.33. The summed E-state index contributed by atoms with van der Waals surface area (Å²) < 4.78 is 10.8. The van der Waals surface area contributed by atoms with Crippen molar-refractivity contribution in [2.24, 2.45) is 0 Å². The molecule has 1 aromatic carbocycles. The zero-order chi connectivity index (χ0) is 14.3. The van der Waals surface area contributed by atoms with Crippen LogP contribution in [0, 0.1) is 0 Å². The van der Waals surface area contributed by atoms with Crippen LogP contribution in [0.1, 0.15) is 13.8 Å². The summed E-state index contributed by atoms with van der Waals surface area (Å²) in [6.45, 7) is 5.03. The van der Waals surface area contributed by atoms with E-state index in [0.29, 0.717) is 24.6 Å². The molecule has 0 aliphatic carbocycles. The van der Waals surface area contributed by atoms with Gasteiger partial charge in [-0.15, -0.1) is 0 Å². The van der Waals surface area contributed by atoms with Gasteiger partial charge in [0, 0.05) is 19.3 Å². The van der Waals surface area contributed by atoms with E-state index in [1.807, 2.05) is 13.8 Å². The van der Waals surface area contributed by atoms with Gasteiger partial charge in [0.05, 0.1) is 12.7 Å². The normalized spacial score (nSPS) is 10.5. The summed E-state index contributed by atoms with van der Waals surface area (Å²) in [7, 11) is 1.73. The van der Waals surface area contributed by atoms with Crippen LogP contribution in [0.5, 0.6) is 5.75 Å². The Hall–Kier alpha value is -1.75. The maximum atomic E-state index is 11.8. The van der Waals surface area contributed by atoms with Crippen LogP contribution in [-0.4, -0.2) is 43.7 Å². The van der Waals surface area contributed by atoms with Gasteiger partial charge in [-0.25, -0.2) is 0 Å². The number of carbonyl (C=O) groups excluding carboxylic acids is 1. The quantitative estimate of drug-likeness (QED) is 0.760. The van der Waals surface area contributed by atoms with Crippen LogP contribution in [0.25, 0.3) is 0 Å². The van der Waals surface area contributed by atoms with E-state index in [0.717, 1.165) is 0 Å². The van der Waals surface area contributed by atoms with Gasteiger partial charge < -0.3 is 20.1 Å². The van der Waals surface area contributed by atoms with E-state index in [4.69, 9.17) is 15.2 Å². The summed E-state index contributed by atoms with van der Waals surface area (Å²) in [6, 6.07) is 6.95. The standard InChI is InChI=1S/C14H22N2O3/c1-11(2)18-9-8-16(3)14(17)10-19-13-6-4-12(15)5-7-13/h4-7,11H,8-10,15H2,1-3H3. The lowest BCUT2D eigenvalue weighted by Crippen LogP contribution is -2.34. The summed E-state index contributed by atoms with van der Waals surface area (Å²) in [5, 5.41) is 0. The fourth-order valence-corrected chi connectivity index (χ4v) is 1.37. The summed E-state index contributed by atoms with van der Waals surface area (Å²) >= 11 is 0. The summed E-state index contributed by atoms with van der Waals surface area (Å²) in [4.78, 5) is 13.4. The number of hydrogen-bond donors (Lipinski definition) is 1. The number of hydrogen-bond acceptors (Lipinski definition) is 4. The van der Waals surface area contributed by atoms with Crippen molar-refractivity contribution in [2.45, 2.75) is 20.0 Å². The first kappa shape index (κ1) is 15.3. The summed E-state index contributed by atoms with van der Waals surface area (Å²) in [5.41, 5.74) is 6.23. The van der Waals surface area contributed by atoms with Crippen LogP contribution >= 0.6 is 0 Å². The number of anilines is 1. The van der Waals surface area contributed by atoms with E-state index in [1.54, 1.807) is 36.2 Å². The third kappa shape index (κ3) is 6.10. The molecule has 5 nitrogen and oxygen atoms in total. The number of nitrogen functional groups attached to an aromatic ring is 1. The van der Waals surface area contributed by atoms with Gasteiger partial charge in [-0.2, -0.15) is 0 Å². The molecule has 0 unspecified atom stereocenters. The Kier molecular flexibility index (Phi) is 6.15. The molecule has 2 N–H and O–H groups in total. The Bertz CT molecular complexity index is 390. The first-order chi connectivity index (χ1) is 8.99. The molecule has 0 fully saturated rings. The molecular formula is C14H22N2O3. The zero-order valence-electron chi connectivity index (χ0n) is 11.8. The number of nitrogens with two attached hydrogens (primary N) is 1. The minimum Gasteiger partial charge on any atom is -0.484 e. The van der Waals surface area contributed by atoms with E-state index >= 15 is 0 Å². The molecule has 0 radical (unpaired) electrons. The number of benzene rings is 1. The molecule has 1 aromatic rings. The number of nitrogens with zero attached hydrogens (tertiary/aromatic N) is 1. The van der Waals surface area contributed by atoms with Crippen LogP contribution in [0.15, 0.2) is 24.3 Å². The van der Waals surface area contributed by atoms with Crippen LogP contribution in [-0.2, 0) is 9.53 Å². The van der Waals surface area contributed by atoms with E-state index in [-0.39, 0.29) is 18.6 Å². The molecule has 1 rings (SSSR count). The minimum absolute atomic E-state index is 0.0160. The Morgan fingerprint density at radius 3 is 2.53 bits per heavy atom. The van der Waals surface area contributed by atoms with Crippen molar-refractivity contribution in [3.8, 4) is 5.75 Å². The van der Waals surface area contributed by atoms with Crippen molar-refractivity contribution >= 4 is 11.6 Å². The Morgan fingerprint density at radius 2 is 1.95 bits per heavy atom. The van der Waals surface area contributed by atoms with E-state index in [1.165, 1.54) is 0 Å². The van der Waals surface area contributed by atoms with Crippen molar-refractivity contribution in [1.82, 2.24) is 4.90 Å². The number of rotatable bonds is 7. The Morgan fingerprint density at radius 1 is 1.32 bits per heavy atom. The molecule has 0 aliphatic rings. The zero-order valence-corrected chi connectivity index (χ0v) is 11.8. The lowest BCUT2D eigenvalue weighted by molar-refractivity contribution is -0.132. The third-order valence-corrected chi connectivity index (χ3v) is 2.55. The fourth-order valence-electron chi connectivity index (χ4n) is 1.37. The highest BCUT2D eigenvalue weighted by Crippen LogP contribution is 2.12. The number of carbonyl (C=O) groups is 1. The molecule has 0 bridgehead atoms. The van der Waals surface area contributed by atoms with Gasteiger partial charge in [0.1, 0.15) is 5.75 Å². The highest BCUT2D eigenvalue weighted by molar-refractivity contribution is 5.77. The molecule has 1 amide bonds. The fraction of sp³-hybridized carbons (Fsp3) is 0.500. The summed E-state index contributed by atoms with van der Waals surface area (Å²) in [5.74, 6) is 0.554. The van der Waals surface area contributed by atoms with Crippen molar-refractivity contribution in [3.05, 3.63) is 24.3 Å². The molecule has 106 valence electrons. The van der Waals surface area contributed by atoms with Crippen LogP contribution < -0.4 is 10.5 Å². The van der Waals surface area contributed by atoms with E-state index < -0.39 is 0 Å². The van der Waals surface area contributed by atoms with Crippen molar-refractivity contribution < 1.29 is 14.3 Å². The molecule has 19 heavy (non-hydrogen) atoms. The molecular weight excluding hydrogens is 244 g/mol. The second kappa shape index (κ2) is 7.63. The van der Waals surface area contributed by atoms with E-state index in [9.17, 15) is 4.79 Å². The molecule has 0 saturated carbocycles. The average Bonchev–Trinajstić information content (AvgIpc) is 2.37. The van der Waals surface area contributed by atoms with Gasteiger partial charge in [0.15, 0.2) is 6.61 Å². The number of amides is 1. The third-order valence-electron chi connectivity index (χ3n) is 2.55. The van der Waals surface area contributed by atoms with E-state index in [2.05, 4.69) is 0 Å². The second-order valence-electron chi connectivity index (χ2n) is 4.59. The highest BCUT2D eigenvalue weighted by Gasteiger charge is 2.09. The molecule has 0 aliphatic heterocycles. The Balaban J connectivity index is 2.28. The molecule has 0 spiro atoms. The Labute approximate surface area is 114 Å². The number of ether oxygens (including phenoxy) is 2. The minimum atomic E-state index is -0.0795. The smallest absolute Gasteiger partial charge is 0.260 e. The van der Waals surface area contributed by atoms with Gasteiger partial charge in [0.25, 0.3) is 5.91 Å². The molecule has 0 atom stereocenters. The van der Waals surface area contributed by atoms with Gasteiger partial charge in [-0.1, -0.05) is 0 Å². The topological polar surface area (TPSA) is 64.8 Å². The van der Waals surface area contributed by atoms with Gasteiger partial charge in [-0.3, -0.25) is 4.79 Å². The van der Waals surface area contributed by atoms with Gasteiger partial charge >= 0.3 is 0 Å². The molecule has 0 heterocycles. The highest BCUT2D eigenvalue weighted by atomic mass is 16.5. The van der Waals surface area contributed by atoms with Gasteiger partial charge in [0.2, 0.25) is 0 Å². The lowest BCUT2D eigenvalue weighted by Gasteiger charge is -2.18. The predicted molar refractivity (Wildman–Crippen MR) is 75.1 cm³/mol. The molecule has 5 heteroatoms. The van der Waals surface area contributed by atoms with Crippen LogP contribution in [0.3, 0.4) is 0 Å². The SMILES string of the molecule is CC(C)OCCN(C)C(=O)COc1ccc(N)cc1. The average molecular weight is 266 g/mol. The monoisotopic (exact) mass is 266 g/mol. The molecule has 0 aromatic heterocycles. The van der Waals surface area contributed by atoms with Crippen molar-refractivity contribution in [1.29, 1.82) is 0 Å². The predicted octanol–water partition coefficient (Wildman–Crippen LogP) is 1.53. The number of likely N-dealkylation sites (N-methyl/N-ethyl adjacent to an activating group) is 1. The van der Waals surface area contributed by atoms with Crippen LogP contribution in [0.2, 0.25) is 0 Å².